The van der Waals surface area contributed by atoms with Crippen molar-refractivity contribution in [2.45, 2.75) is 39.3 Å². The molecule has 1 unspecified atom stereocenters. The first-order chi connectivity index (χ1) is 7.79. The molecule has 0 spiro atoms. The molecule has 1 heterocycles. The molecule has 1 aromatic carbocycles. The van der Waals surface area contributed by atoms with Crippen LogP contribution in [0.3, 0.4) is 0 Å². The highest BCUT2D eigenvalue weighted by atomic mass is 16.7. The monoisotopic (exact) mass is 221 g/mol. The molecule has 2 N–H and O–H groups in total. The zero-order chi connectivity index (χ0) is 11.4. The maximum Gasteiger partial charge on any atom is 0.158 e. The van der Waals surface area contributed by atoms with Gasteiger partial charge in [-0.3, -0.25) is 0 Å². The molecule has 1 aliphatic rings. The normalized spacial score (nSPS) is 20.2. The van der Waals surface area contributed by atoms with Gasteiger partial charge in [0.05, 0.1) is 13.2 Å². The highest BCUT2D eigenvalue weighted by Gasteiger charge is 2.16. The van der Waals surface area contributed by atoms with E-state index in [0.717, 1.165) is 12.8 Å². The quantitative estimate of drug-likeness (QED) is 0.850. The summed E-state index contributed by atoms with van der Waals surface area (Å²) in [4.78, 5) is 0. The first-order valence-electron chi connectivity index (χ1n) is 5.81. The predicted molar refractivity (Wildman–Crippen MR) is 62.8 cm³/mol. The van der Waals surface area contributed by atoms with Crippen LogP contribution in [0.15, 0.2) is 18.2 Å². The minimum atomic E-state index is -0.101. The standard InChI is InChI=1S/C13H19NO2/c1-10-4-5-11-8-15-13(3-2-6-14)16-9-12(11)7-10/h4-5,7,13H,2-3,6,8-9,14H2,1H3. The van der Waals surface area contributed by atoms with Crippen molar-refractivity contribution < 1.29 is 9.47 Å². The average molecular weight is 221 g/mol. The molecule has 0 aliphatic carbocycles. The third-order valence-electron chi connectivity index (χ3n) is 2.86. The Bertz CT molecular complexity index is 352. The van der Waals surface area contributed by atoms with Gasteiger partial charge in [-0.15, -0.1) is 0 Å². The third-order valence-corrected chi connectivity index (χ3v) is 2.86. The average Bonchev–Trinajstić information content (AvgIpc) is 2.48. The van der Waals surface area contributed by atoms with Crippen LogP contribution < -0.4 is 5.73 Å². The van der Waals surface area contributed by atoms with Gasteiger partial charge in [0.25, 0.3) is 0 Å². The summed E-state index contributed by atoms with van der Waals surface area (Å²) in [6.45, 7) is 4.07. The molecular formula is C13H19NO2. The van der Waals surface area contributed by atoms with Crippen LogP contribution in [0.4, 0.5) is 0 Å². The van der Waals surface area contributed by atoms with E-state index in [4.69, 9.17) is 15.2 Å². The Morgan fingerprint density at radius 3 is 2.75 bits per heavy atom. The van der Waals surface area contributed by atoms with Gasteiger partial charge in [0.15, 0.2) is 6.29 Å². The van der Waals surface area contributed by atoms with E-state index < -0.39 is 0 Å². The van der Waals surface area contributed by atoms with Crippen molar-refractivity contribution in [2.24, 2.45) is 5.73 Å². The molecule has 0 fully saturated rings. The van der Waals surface area contributed by atoms with Crippen molar-refractivity contribution >= 4 is 0 Å². The fraction of sp³-hybridized carbons (Fsp3) is 0.538. The lowest BCUT2D eigenvalue weighted by molar-refractivity contribution is -0.152. The Labute approximate surface area is 96.5 Å². The topological polar surface area (TPSA) is 44.5 Å². The Morgan fingerprint density at radius 2 is 2.00 bits per heavy atom. The van der Waals surface area contributed by atoms with Gasteiger partial charge in [-0.1, -0.05) is 23.8 Å². The molecule has 3 heteroatoms. The Balaban J connectivity index is 2.01. The van der Waals surface area contributed by atoms with Crippen LogP contribution in [0.2, 0.25) is 0 Å². The molecule has 0 saturated heterocycles. The number of hydrogen-bond acceptors (Lipinski definition) is 3. The predicted octanol–water partition coefficient (Wildman–Crippen LogP) is 2.11. The van der Waals surface area contributed by atoms with E-state index >= 15 is 0 Å². The minimum Gasteiger partial charge on any atom is -0.348 e. The highest BCUT2D eigenvalue weighted by molar-refractivity contribution is 5.30. The van der Waals surface area contributed by atoms with E-state index in [2.05, 4.69) is 25.1 Å². The maximum absolute atomic E-state index is 5.71. The Hall–Kier alpha value is -0.900. The second-order valence-corrected chi connectivity index (χ2v) is 4.25. The molecular weight excluding hydrogens is 202 g/mol. The number of rotatable bonds is 3. The zero-order valence-electron chi connectivity index (χ0n) is 9.74. The number of nitrogens with two attached hydrogens (primary N) is 1. The summed E-state index contributed by atoms with van der Waals surface area (Å²) >= 11 is 0. The molecule has 0 saturated carbocycles. The molecule has 2 rings (SSSR count). The summed E-state index contributed by atoms with van der Waals surface area (Å²) in [5, 5.41) is 0. The molecule has 0 bridgehead atoms. The molecule has 88 valence electrons. The first-order valence-corrected chi connectivity index (χ1v) is 5.81. The van der Waals surface area contributed by atoms with Crippen LogP contribution in [0.1, 0.15) is 29.5 Å². The van der Waals surface area contributed by atoms with Gasteiger partial charge in [0.2, 0.25) is 0 Å². The van der Waals surface area contributed by atoms with Gasteiger partial charge in [-0.2, -0.15) is 0 Å². The summed E-state index contributed by atoms with van der Waals surface area (Å²) in [6, 6.07) is 6.41. The van der Waals surface area contributed by atoms with Crippen molar-refractivity contribution in [3.05, 3.63) is 34.9 Å². The Kier molecular flexibility index (Phi) is 3.93. The molecule has 16 heavy (non-hydrogen) atoms. The van der Waals surface area contributed by atoms with E-state index in [-0.39, 0.29) is 6.29 Å². The van der Waals surface area contributed by atoms with Crippen molar-refractivity contribution in [2.75, 3.05) is 6.54 Å². The van der Waals surface area contributed by atoms with Crippen LogP contribution in [-0.2, 0) is 22.7 Å². The summed E-state index contributed by atoms with van der Waals surface area (Å²) in [5.41, 5.74) is 9.23. The molecule has 1 atom stereocenters. The lowest BCUT2D eigenvalue weighted by Crippen LogP contribution is -2.16. The number of ether oxygens (including phenoxy) is 2. The van der Waals surface area contributed by atoms with Crippen LogP contribution in [-0.4, -0.2) is 12.8 Å². The number of fused-ring (bicyclic) bond motifs is 1. The van der Waals surface area contributed by atoms with Gasteiger partial charge in [0, 0.05) is 0 Å². The van der Waals surface area contributed by atoms with E-state index in [1.54, 1.807) is 0 Å². The van der Waals surface area contributed by atoms with E-state index in [0.29, 0.717) is 19.8 Å². The SMILES string of the molecule is Cc1ccc2c(c1)COC(CCCN)OC2. The fourth-order valence-electron chi connectivity index (χ4n) is 1.89. The van der Waals surface area contributed by atoms with Gasteiger partial charge >= 0.3 is 0 Å². The van der Waals surface area contributed by atoms with Gasteiger partial charge in [-0.25, -0.2) is 0 Å². The lowest BCUT2D eigenvalue weighted by atomic mass is 10.1. The second-order valence-electron chi connectivity index (χ2n) is 4.25. The molecule has 3 nitrogen and oxygen atoms in total. The summed E-state index contributed by atoms with van der Waals surface area (Å²) in [5.74, 6) is 0. The smallest absolute Gasteiger partial charge is 0.158 e. The van der Waals surface area contributed by atoms with Crippen LogP contribution in [0, 0.1) is 6.92 Å². The van der Waals surface area contributed by atoms with Gasteiger partial charge in [0.1, 0.15) is 0 Å². The summed E-state index contributed by atoms with van der Waals surface area (Å²) < 4.78 is 11.4. The number of aryl methyl sites for hydroxylation is 1. The van der Waals surface area contributed by atoms with Crippen molar-refractivity contribution in [1.82, 2.24) is 0 Å². The molecule has 0 aromatic heterocycles. The molecule has 0 amide bonds. The van der Waals surface area contributed by atoms with Gasteiger partial charge in [-0.05, 0) is 37.4 Å². The molecule has 1 aromatic rings. The van der Waals surface area contributed by atoms with E-state index in [1.165, 1.54) is 16.7 Å². The number of benzene rings is 1. The largest absolute Gasteiger partial charge is 0.348 e. The lowest BCUT2D eigenvalue weighted by Gasteiger charge is -2.14. The van der Waals surface area contributed by atoms with Crippen molar-refractivity contribution in [3.8, 4) is 0 Å². The van der Waals surface area contributed by atoms with Gasteiger partial charge < -0.3 is 15.2 Å². The Morgan fingerprint density at radius 1 is 1.25 bits per heavy atom. The first kappa shape index (κ1) is 11.6. The molecule has 1 aliphatic heterocycles. The second kappa shape index (κ2) is 5.43. The van der Waals surface area contributed by atoms with E-state index in [1.807, 2.05) is 0 Å². The summed E-state index contributed by atoms with van der Waals surface area (Å²) in [6.07, 6.45) is 1.72. The highest BCUT2D eigenvalue weighted by Crippen LogP contribution is 2.21. The minimum absolute atomic E-state index is 0.101. The summed E-state index contributed by atoms with van der Waals surface area (Å²) in [7, 11) is 0. The van der Waals surface area contributed by atoms with E-state index in [9.17, 15) is 0 Å². The van der Waals surface area contributed by atoms with Crippen LogP contribution >= 0.6 is 0 Å². The fourth-order valence-corrected chi connectivity index (χ4v) is 1.89. The van der Waals surface area contributed by atoms with Crippen molar-refractivity contribution in [3.63, 3.8) is 0 Å². The zero-order valence-corrected chi connectivity index (χ0v) is 9.74. The number of hydrogen-bond donors (Lipinski definition) is 1. The van der Waals surface area contributed by atoms with Crippen LogP contribution in [0.25, 0.3) is 0 Å². The third kappa shape index (κ3) is 2.82. The maximum atomic E-state index is 5.71. The van der Waals surface area contributed by atoms with Crippen LogP contribution in [0.5, 0.6) is 0 Å². The molecule has 0 radical (unpaired) electrons. The van der Waals surface area contributed by atoms with Crippen molar-refractivity contribution in [1.29, 1.82) is 0 Å².